The molecule has 3 rings (SSSR count). The van der Waals surface area contributed by atoms with E-state index in [2.05, 4.69) is 52.3 Å². The molecule has 2 aromatic rings. The summed E-state index contributed by atoms with van der Waals surface area (Å²) >= 11 is 9.78. The highest BCUT2D eigenvalue weighted by Gasteiger charge is 2.35. The van der Waals surface area contributed by atoms with E-state index in [0.29, 0.717) is 0 Å². The first-order valence-electron chi connectivity index (χ1n) is 7.12. The van der Waals surface area contributed by atoms with E-state index in [9.17, 15) is 0 Å². The van der Waals surface area contributed by atoms with Crippen molar-refractivity contribution >= 4 is 27.5 Å². The Morgan fingerprint density at radius 1 is 1.05 bits per heavy atom. The van der Waals surface area contributed by atoms with Gasteiger partial charge in [0.25, 0.3) is 0 Å². The maximum Gasteiger partial charge on any atom is 0.0406 e. The minimum atomic E-state index is 0.225. The summed E-state index contributed by atoms with van der Waals surface area (Å²) in [5.74, 6) is 0. The number of hydrogen-bond acceptors (Lipinski definition) is 0. The molecule has 1 aliphatic carbocycles. The third kappa shape index (κ3) is 2.66. The molecule has 0 aliphatic heterocycles. The smallest absolute Gasteiger partial charge is 0.0406 e. The summed E-state index contributed by atoms with van der Waals surface area (Å²) in [5, 5.41) is 1.82. The van der Waals surface area contributed by atoms with E-state index >= 15 is 0 Å². The Morgan fingerprint density at radius 2 is 1.80 bits per heavy atom. The SMILES string of the molecule is Clc1ccc(CC2(CBr)CCCc3ccccc32)cc1. The van der Waals surface area contributed by atoms with Gasteiger partial charge in [-0.3, -0.25) is 0 Å². The van der Waals surface area contributed by atoms with Gasteiger partial charge < -0.3 is 0 Å². The lowest BCUT2D eigenvalue weighted by molar-refractivity contribution is 0.401. The zero-order valence-corrected chi connectivity index (χ0v) is 13.8. The molecule has 0 bridgehead atoms. The van der Waals surface area contributed by atoms with Crippen molar-refractivity contribution in [2.24, 2.45) is 0 Å². The summed E-state index contributed by atoms with van der Waals surface area (Å²) in [5.41, 5.74) is 4.64. The predicted octanol–water partition coefficient (Wildman–Crippen LogP) is 5.55. The lowest BCUT2D eigenvalue weighted by Crippen LogP contribution is -2.35. The van der Waals surface area contributed by atoms with Crippen LogP contribution in [0.3, 0.4) is 0 Å². The van der Waals surface area contributed by atoms with Crippen LogP contribution in [-0.2, 0) is 18.3 Å². The Kier molecular flexibility index (Phi) is 4.18. The zero-order chi connectivity index (χ0) is 14.0. The summed E-state index contributed by atoms with van der Waals surface area (Å²) < 4.78 is 0. The molecule has 0 saturated carbocycles. The lowest BCUT2D eigenvalue weighted by atomic mass is 9.68. The molecule has 0 heterocycles. The first-order valence-corrected chi connectivity index (χ1v) is 8.62. The number of hydrogen-bond donors (Lipinski definition) is 0. The maximum atomic E-state index is 5.99. The average Bonchev–Trinajstić information content (AvgIpc) is 2.50. The molecule has 0 saturated heterocycles. The summed E-state index contributed by atoms with van der Waals surface area (Å²) in [6, 6.07) is 17.2. The molecule has 104 valence electrons. The normalized spacial score (nSPS) is 21.5. The highest BCUT2D eigenvalue weighted by atomic mass is 79.9. The largest absolute Gasteiger partial charge is 0.0918 e. The van der Waals surface area contributed by atoms with E-state index in [0.717, 1.165) is 16.8 Å². The van der Waals surface area contributed by atoms with Gasteiger partial charge in [-0.15, -0.1) is 0 Å². The van der Waals surface area contributed by atoms with E-state index in [1.807, 2.05) is 12.1 Å². The standard InChI is InChI=1S/C18H18BrCl/c19-13-18(12-14-7-9-16(20)10-8-14)11-3-5-15-4-1-2-6-17(15)18/h1-2,4,6-10H,3,5,11-13H2. The zero-order valence-electron chi connectivity index (χ0n) is 11.4. The minimum absolute atomic E-state index is 0.225. The number of halogens is 2. The van der Waals surface area contributed by atoms with E-state index in [4.69, 9.17) is 11.6 Å². The first kappa shape index (κ1) is 14.2. The van der Waals surface area contributed by atoms with Crippen molar-refractivity contribution in [2.45, 2.75) is 31.1 Å². The highest BCUT2D eigenvalue weighted by molar-refractivity contribution is 9.09. The molecule has 2 aromatic carbocycles. The number of rotatable bonds is 3. The van der Waals surface area contributed by atoms with Crippen LogP contribution >= 0.6 is 27.5 Å². The van der Waals surface area contributed by atoms with Crippen molar-refractivity contribution < 1.29 is 0 Å². The van der Waals surface area contributed by atoms with Crippen LogP contribution in [0.2, 0.25) is 5.02 Å². The molecule has 0 N–H and O–H groups in total. The van der Waals surface area contributed by atoms with Crippen LogP contribution in [0.15, 0.2) is 48.5 Å². The fourth-order valence-corrected chi connectivity index (χ4v) is 4.28. The van der Waals surface area contributed by atoms with Gasteiger partial charge in [-0.05, 0) is 54.5 Å². The minimum Gasteiger partial charge on any atom is -0.0918 e. The Balaban J connectivity index is 1.98. The van der Waals surface area contributed by atoms with Crippen LogP contribution in [-0.4, -0.2) is 5.33 Å². The molecule has 0 aromatic heterocycles. The highest BCUT2D eigenvalue weighted by Crippen LogP contribution is 2.41. The summed E-state index contributed by atoms with van der Waals surface area (Å²) in [7, 11) is 0. The molecular weight excluding hydrogens is 332 g/mol. The molecule has 0 radical (unpaired) electrons. The summed E-state index contributed by atoms with van der Waals surface area (Å²) in [4.78, 5) is 0. The molecule has 0 amide bonds. The Hall–Kier alpha value is -0.790. The van der Waals surface area contributed by atoms with Crippen molar-refractivity contribution in [1.29, 1.82) is 0 Å². The summed E-state index contributed by atoms with van der Waals surface area (Å²) in [6.07, 6.45) is 4.81. The van der Waals surface area contributed by atoms with Crippen LogP contribution in [0.25, 0.3) is 0 Å². The average molecular weight is 350 g/mol. The van der Waals surface area contributed by atoms with Gasteiger partial charge in [-0.1, -0.05) is 63.9 Å². The van der Waals surface area contributed by atoms with E-state index in [1.165, 1.54) is 36.0 Å². The first-order chi connectivity index (χ1) is 9.73. The number of aryl methyl sites for hydroxylation is 1. The fourth-order valence-electron chi connectivity index (χ4n) is 3.37. The lowest BCUT2D eigenvalue weighted by Gasteiger charge is -2.38. The van der Waals surface area contributed by atoms with Crippen LogP contribution in [0.1, 0.15) is 29.5 Å². The Bertz CT molecular complexity index is 591. The van der Waals surface area contributed by atoms with Gasteiger partial charge in [0.15, 0.2) is 0 Å². The van der Waals surface area contributed by atoms with Crippen molar-refractivity contribution in [2.75, 3.05) is 5.33 Å². The van der Waals surface area contributed by atoms with Gasteiger partial charge in [0, 0.05) is 15.8 Å². The van der Waals surface area contributed by atoms with E-state index in [-0.39, 0.29) is 5.41 Å². The monoisotopic (exact) mass is 348 g/mol. The fraction of sp³-hybridized carbons (Fsp3) is 0.333. The molecule has 2 heteroatoms. The van der Waals surface area contributed by atoms with Gasteiger partial charge in [0.2, 0.25) is 0 Å². The summed E-state index contributed by atoms with van der Waals surface area (Å²) in [6.45, 7) is 0. The maximum absolute atomic E-state index is 5.99. The number of fused-ring (bicyclic) bond motifs is 1. The quantitative estimate of drug-likeness (QED) is 0.637. The van der Waals surface area contributed by atoms with Crippen LogP contribution in [0, 0.1) is 0 Å². The van der Waals surface area contributed by atoms with Gasteiger partial charge >= 0.3 is 0 Å². The van der Waals surface area contributed by atoms with Gasteiger partial charge in [0.05, 0.1) is 0 Å². The topological polar surface area (TPSA) is 0 Å². The molecule has 20 heavy (non-hydrogen) atoms. The molecule has 1 unspecified atom stereocenters. The van der Waals surface area contributed by atoms with Gasteiger partial charge in [-0.2, -0.15) is 0 Å². The van der Waals surface area contributed by atoms with Crippen molar-refractivity contribution in [1.82, 2.24) is 0 Å². The molecule has 0 nitrogen and oxygen atoms in total. The second-order valence-corrected chi connectivity index (χ2v) is 6.73. The molecular formula is C18H18BrCl. The van der Waals surface area contributed by atoms with Crippen molar-refractivity contribution in [3.8, 4) is 0 Å². The van der Waals surface area contributed by atoms with E-state index in [1.54, 1.807) is 0 Å². The molecule has 1 aliphatic rings. The van der Waals surface area contributed by atoms with Crippen LogP contribution in [0.4, 0.5) is 0 Å². The number of benzene rings is 2. The van der Waals surface area contributed by atoms with Gasteiger partial charge in [0.1, 0.15) is 0 Å². The van der Waals surface area contributed by atoms with Crippen molar-refractivity contribution in [3.63, 3.8) is 0 Å². The second-order valence-electron chi connectivity index (χ2n) is 5.73. The van der Waals surface area contributed by atoms with Crippen LogP contribution < -0.4 is 0 Å². The Morgan fingerprint density at radius 3 is 2.55 bits per heavy atom. The van der Waals surface area contributed by atoms with Crippen molar-refractivity contribution in [3.05, 3.63) is 70.2 Å². The van der Waals surface area contributed by atoms with Gasteiger partial charge in [-0.25, -0.2) is 0 Å². The number of alkyl halides is 1. The third-order valence-electron chi connectivity index (χ3n) is 4.40. The Labute approximate surface area is 134 Å². The third-order valence-corrected chi connectivity index (χ3v) is 5.73. The van der Waals surface area contributed by atoms with Crippen LogP contribution in [0.5, 0.6) is 0 Å². The second kappa shape index (κ2) is 5.91. The molecule has 0 spiro atoms. The predicted molar refractivity (Wildman–Crippen MR) is 90.0 cm³/mol. The van der Waals surface area contributed by atoms with E-state index < -0.39 is 0 Å². The molecule has 1 atom stereocenters. The molecule has 0 fully saturated rings.